The minimum atomic E-state index is -0.272. The van der Waals surface area contributed by atoms with Gasteiger partial charge in [0.05, 0.1) is 6.04 Å². The summed E-state index contributed by atoms with van der Waals surface area (Å²) in [6.07, 6.45) is 1.78. The average molecular weight is 249 g/mol. The van der Waals surface area contributed by atoms with Gasteiger partial charge in [0.15, 0.2) is 10.6 Å². The Kier molecular flexibility index (Phi) is 3.19. The number of halogens is 1. The van der Waals surface area contributed by atoms with Crippen LogP contribution in [-0.2, 0) is 0 Å². The number of nitrogens with one attached hydrogen (secondary N) is 1. The molecule has 2 aromatic rings. The maximum Gasteiger partial charge on any atom is 0.195 e. The predicted molar refractivity (Wildman–Crippen MR) is 67.7 cm³/mol. The van der Waals surface area contributed by atoms with Crippen LogP contribution in [0, 0.1) is 10.6 Å². The number of hydrogen-bond donors (Lipinski definition) is 1. The monoisotopic (exact) mass is 249 g/mol. The van der Waals surface area contributed by atoms with Gasteiger partial charge in [-0.2, -0.15) is 5.10 Å². The molecule has 1 N–H and O–H groups in total. The van der Waals surface area contributed by atoms with E-state index in [2.05, 4.69) is 16.8 Å². The number of rotatable bonds is 3. The lowest BCUT2D eigenvalue weighted by atomic mass is 10.2. The van der Waals surface area contributed by atoms with Crippen LogP contribution in [0.2, 0.25) is 0 Å². The zero-order valence-corrected chi connectivity index (χ0v) is 10.2. The Balaban J connectivity index is 2.56. The molecule has 17 heavy (non-hydrogen) atoms. The minimum Gasteiger partial charge on any atom is -0.293 e. The van der Waals surface area contributed by atoms with Crippen LogP contribution in [0.25, 0.3) is 11.4 Å². The van der Waals surface area contributed by atoms with Gasteiger partial charge in [-0.3, -0.25) is 9.67 Å². The van der Waals surface area contributed by atoms with E-state index in [0.717, 1.165) is 5.56 Å². The number of aromatic nitrogens is 3. The van der Waals surface area contributed by atoms with Gasteiger partial charge in [0, 0.05) is 5.56 Å². The molecular weight excluding hydrogens is 237 g/mol. The zero-order chi connectivity index (χ0) is 12.4. The molecule has 1 unspecified atom stereocenters. The fourth-order valence-electron chi connectivity index (χ4n) is 1.59. The molecule has 1 atom stereocenters. The van der Waals surface area contributed by atoms with Gasteiger partial charge in [-0.15, -0.1) is 6.58 Å². The molecule has 3 nitrogen and oxygen atoms in total. The first-order valence-corrected chi connectivity index (χ1v) is 5.59. The molecular formula is C12H12FN3S. The SMILES string of the molecule is C=CC(C)n1c(-c2ccc(F)cc2)n[nH]c1=S. The standard InChI is InChI=1S/C12H12FN3S/c1-3-8(2)16-11(14-15-12(16)17)9-4-6-10(13)7-5-9/h3-8H,1H2,2H3,(H,15,17). The third-order valence-corrected chi connectivity index (χ3v) is 2.84. The van der Waals surface area contributed by atoms with Crippen molar-refractivity contribution >= 4 is 12.2 Å². The van der Waals surface area contributed by atoms with E-state index < -0.39 is 0 Å². The van der Waals surface area contributed by atoms with Crippen molar-refractivity contribution in [2.75, 3.05) is 0 Å². The Morgan fingerprint density at radius 3 is 2.71 bits per heavy atom. The molecule has 0 aliphatic heterocycles. The highest BCUT2D eigenvalue weighted by Gasteiger charge is 2.12. The van der Waals surface area contributed by atoms with E-state index >= 15 is 0 Å². The van der Waals surface area contributed by atoms with E-state index in [-0.39, 0.29) is 11.9 Å². The maximum absolute atomic E-state index is 12.9. The molecule has 2 rings (SSSR count). The molecule has 0 radical (unpaired) electrons. The number of benzene rings is 1. The van der Waals surface area contributed by atoms with E-state index in [9.17, 15) is 4.39 Å². The van der Waals surface area contributed by atoms with E-state index in [1.165, 1.54) is 12.1 Å². The molecule has 1 aromatic carbocycles. The topological polar surface area (TPSA) is 33.6 Å². The van der Waals surface area contributed by atoms with Crippen LogP contribution in [0.5, 0.6) is 0 Å². The van der Waals surface area contributed by atoms with Crippen molar-refractivity contribution in [1.82, 2.24) is 14.8 Å². The molecule has 1 heterocycles. The van der Waals surface area contributed by atoms with E-state index in [0.29, 0.717) is 10.6 Å². The van der Waals surface area contributed by atoms with Crippen LogP contribution < -0.4 is 0 Å². The summed E-state index contributed by atoms with van der Waals surface area (Å²) in [5, 5.41) is 6.90. The quantitative estimate of drug-likeness (QED) is 0.667. The van der Waals surface area contributed by atoms with Gasteiger partial charge >= 0.3 is 0 Å². The fourth-order valence-corrected chi connectivity index (χ4v) is 1.89. The highest BCUT2D eigenvalue weighted by molar-refractivity contribution is 7.71. The van der Waals surface area contributed by atoms with Crippen molar-refractivity contribution < 1.29 is 4.39 Å². The minimum absolute atomic E-state index is 0.0290. The number of nitrogens with zero attached hydrogens (tertiary/aromatic N) is 2. The van der Waals surface area contributed by atoms with Gasteiger partial charge < -0.3 is 0 Å². The first-order valence-electron chi connectivity index (χ1n) is 5.19. The normalized spacial score (nSPS) is 12.4. The lowest BCUT2D eigenvalue weighted by Crippen LogP contribution is -2.04. The molecule has 0 saturated carbocycles. The molecule has 0 bridgehead atoms. The van der Waals surface area contributed by atoms with Gasteiger partial charge in [0.25, 0.3) is 0 Å². The summed E-state index contributed by atoms with van der Waals surface area (Å²) in [6, 6.07) is 6.17. The molecule has 5 heteroatoms. The Morgan fingerprint density at radius 2 is 2.12 bits per heavy atom. The van der Waals surface area contributed by atoms with E-state index in [4.69, 9.17) is 12.2 Å². The van der Waals surface area contributed by atoms with Gasteiger partial charge in [0.1, 0.15) is 5.82 Å². The first kappa shape index (κ1) is 11.7. The summed E-state index contributed by atoms with van der Waals surface area (Å²) in [5.74, 6) is 0.411. The number of allylic oxidation sites excluding steroid dienone is 1. The third kappa shape index (κ3) is 2.19. The van der Waals surface area contributed by atoms with Crippen molar-refractivity contribution in [3.05, 3.63) is 47.5 Å². The van der Waals surface area contributed by atoms with Crippen molar-refractivity contribution in [2.45, 2.75) is 13.0 Å². The number of aromatic amines is 1. The lowest BCUT2D eigenvalue weighted by molar-refractivity contribution is 0.627. The molecule has 0 aliphatic rings. The van der Waals surface area contributed by atoms with Crippen LogP contribution in [0.4, 0.5) is 4.39 Å². The van der Waals surface area contributed by atoms with Crippen molar-refractivity contribution in [1.29, 1.82) is 0 Å². The van der Waals surface area contributed by atoms with Gasteiger partial charge in [-0.1, -0.05) is 6.08 Å². The van der Waals surface area contributed by atoms with Gasteiger partial charge in [-0.05, 0) is 43.4 Å². The van der Waals surface area contributed by atoms with Gasteiger partial charge in [-0.25, -0.2) is 4.39 Å². The Labute approximate surface area is 104 Å². The van der Waals surface area contributed by atoms with Crippen LogP contribution in [0.15, 0.2) is 36.9 Å². The predicted octanol–water partition coefficient (Wildman–Crippen LogP) is 3.49. The van der Waals surface area contributed by atoms with Crippen molar-refractivity contribution in [2.24, 2.45) is 0 Å². The molecule has 0 amide bonds. The number of H-pyrrole nitrogens is 1. The van der Waals surface area contributed by atoms with Crippen LogP contribution in [0.1, 0.15) is 13.0 Å². The average Bonchev–Trinajstić information content (AvgIpc) is 2.71. The van der Waals surface area contributed by atoms with E-state index in [1.54, 1.807) is 18.2 Å². The van der Waals surface area contributed by atoms with Crippen LogP contribution >= 0.6 is 12.2 Å². The molecule has 0 fully saturated rings. The summed E-state index contributed by atoms with van der Waals surface area (Å²) in [5.41, 5.74) is 0.812. The van der Waals surface area contributed by atoms with Crippen LogP contribution in [0.3, 0.4) is 0 Å². The molecule has 1 aromatic heterocycles. The Hall–Kier alpha value is -1.75. The molecule has 0 saturated heterocycles. The smallest absolute Gasteiger partial charge is 0.195 e. The molecule has 0 aliphatic carbocycles. The summed E-state index contributed by atoms with van der Waals surface area (Å²) in [4.78, 5) is 0. The highest BCUT2D eigenvalue weighted by Crippen LogP contribution is 2.21. The Morgan fingerprint density at radius 1 is 1.47 bits per heavy atom. The van der Waals surface area contributed by atoms with Crippen LogP contribution in [-0.4, -0.2) is 14.8 Å². The Bertz CT molecular complexity index is 583. The van der Waals surface area contributed by atoms with Gasteiger partial charge in [0.2, 0.25) is 0 Å². The first-order chi connectivity index (χ1) is 8.13. The summed E-state index contributed by atoms with van der Waals surface area (Å²) >= 11 is 5.16. The lowest BCUT2D eigenvalue weighted by Gasteiger charge is -2.10. The fraction of sp³-hybridized carbons (Fsp3) is 0.167. The summed E-state index contributed by atoms with van der Waals surface area (Å²) in [7, 11) is 0. The number of hydrogen-bond acceptors (Lipinski definition) is 2. The summed E-state index contributed by atoms with van der Waals surface area (Å²) in [6.45, 7) is 5.70. The second-order valence-corrected chi connectivity index (χ2v) is 4.09. The summed E-state index contributed by atoms with van der Waals surface area (Å²) < 4.78 is 15.2. The highest BCUT2D eigenvalue weighted by atomic mass is 32.1. The van der Waals surface area contributed by atoms with Crippen molar-refractivity contribution in [3.63, 3.8) is 0 Å². The molecule has 0 spiro atoms. The second-order valence-electron chi connectivity index (χ2n) is 3.71. The largest absolute Gasteiger partial charge is 0.293 e. The molecule has 88 valence electrons. The third-order valence-electron chi connectivity index (χ3n) is 2.56. The second kappa shape index (κ2) is 4.63. The maximum atomic E-state index is 12.9. The van der Waals surface area contributed by atoms with E-state index in [1.807, 2.05) is 11.5 Å². The zero-order valence-electron chi connectivity index (χ0n) is 9.35. The van der Waals surface area contributed by atoms with Crippen molar-refractivity contribution in [3.8, 4) is 11.4 Å².